The summed E-state index contributed by atoms with van der Waals surface area (Å²) in [4.78, 5) is 25.3. The molecule has 1 N–H and O–H groups in total. The third kappa shape index (κ3) is 2.94. The van der Waals surface area contributed by atoms with E-state index in [1.807, 2.05) is 4.68 Å². The minimum atomic E-state index is -0.753. The lowest BCUT2D eigenvalue weighted by Crippen LogP contribution is -2.41. The molecule has 0 radical (unpaired) electrons. The van der Waals surface area contributed by atoms with Gasteiger partial charge in [-0.25, -0.2) is 0 Å². The molecule has 6 nitrogen and oxygen atoms in total. The number of carboxylic acid groups (broad SMARTS) is 1. The van der Waals surface area contributed by atoms with Crippen LogP contribution >= 0.6 is 0 Å². The van der Waals surface area contributed by atoms with Crippen molar-refractivity contribution in [3.05, 3.63) is 18.0 Å². The molecule has 21 heavy (non-hydrogen) atoms. The van der Waals surface area contributed by atoms with Crippen molar-refractivity contribution in [2.45, 2.75) is 38.6 Å². The Balaban J connectivity index is 1.63. The molecule has 1 saturated heterocycles. The van der Waals surface area contributed by atoms with Gasteiger partial charge in [0.05, 0.1) is 5.92 Å². The summed E-state index contributed by atoms with van der Waals surface area (Å²) < 4.78 is 1.81. The predicted octanol–water partition coefficient (Wildman–Crippen LogP) is 1.62. The first-order chi connectivity index (χ1) is 10.1. The van der Waals surface area contributed by atoms with Crippen molar-refractivity contribution in [3.63, 3.8) is 0 Å². The Hall–Kier alpha value is -1.85. The molecular weight excluding hydrogens is 270 g/mol. The molecule has 0 atom stereocenters. The largest absolute Gasteiger partial charge is 0.481 e. The third-order valence-corrected chi connectivity index (χ3v) is 4.72. The molecule has 114 valence electrons. The number of likely N-dealkylation sites (tertiary alicyclic amines) is 1. The molecule has 1 amide bonds. The fraction of sp³-hybridized carbons (Fsp3) is 0.667. The summed E-state index contributed by atoms with van der Waals surface area (Å²) in [6.07, 6.45) is 6.47. The average molecular weight is 291 g/mol. The number of rotatable bonds is 4. The Morgan fingerprint density at radius 3 is 2.52 bits per heavy atom. The first-order valence-corrected chi connectivity index (χ1v) is 7.69. The smallest absolute Gasteiger partial charge is 0.306 e. The van der Waals surface area contributed by atoms with Gasteiger partial charge in [0, 0.05) is 25.8 Å². The van der Waals surface area contributed by atoms with Gasteiger partial charge >= 0.3 is 5.97 Å². The Bertz CT molecular complexity index is 528. The molecule has 0 spiro atoms. The lowest BCUT2D eigenvalue weighted by Gasteiger charge is -2.31. The normalized spacial score (nSPS) is 20.3. The minimum absolute atomic E-state index is 0.0179. The van der Waals surface area contributed by atoms with Crippen molar-refractivity contribution in [1.29, 1.82) is 0 Å². The van der Waals surface area contributed by atoms with Crippen LogP contribution < -0.4 is 0 Å². The second-order valence-corrected chi connectivity index (χ2v) is 6.10. The second-order valence-electron chi connectivity index (χ2n) is 6.10. The van der Waals surface area contributed by atoms with Crippen LogP contribution in [0.2, 0.25) is 0 Å². The Morgan fingerprint density at radius 2 is 1.95 bits per heavy atom. The summed E-state index contributed by atoms with van der Waals surface area (Å²) >= 11 is 0. The molecule has 1 aliphatic carbocycles. The molecule has 1 aliphatic heterocycles. The number of amides is 1. The van der Waals surface area contributed by atoms with E-state index in [2.05, 4.69) is 5.10 Å². The molecular formula is C15H21N3O3. The summed E-state index contributed by atoms with van der Waals surface area (Å²) in [6.45, 7) is 1.86. The SMILES string of the molecule is O=C(O)C1CCN(C(=O)c2ccnn2CC2CCC2)CC1. The highest BCUT2D eigenvalue weighted by molar-refractivity contribution is 5.92. The fourth-order valence-corrected chi connectivity index (χ4v) is 3.07. The van der Waals surface area contributed by atoms with Gasteiger partial charge in [-0.1, -0.05) is 6.42 Å². The Morgan fingerprint density at radius 1 is 1.24 bits per heavy atom. The van der Waals surface area contributed by atoms with E-state index >= 15 is 0 Å². The van der Waals surface area contributed by atoms with Crippen LogP contribution in [0.15, 0.2) is 12.3 Å². The van der Waals surface area contributed by atoms with E-state index in [1.165, 1.54) is 19.3 Å². The maximum Gasteiger partial charge on any atom is 0.306 e. The van der Waals surface area contributed by atoms with E-state index in [-0.39, 0.29) is 11.8 Å². The highest BCUT2D eigenvalue weighted by atomic mass is 16.4. The molecule has 0 aromatic carbocycles. The maximum atomic E-state index is 12.6. The van der Waals surface area contributed by atoms with Crippen LogP contribution in [0.3, 0.4) is 0 Å². The summed E-state index contributed by atoms with van der Waals surface area (Å²) in [5, 5.41) is 13.3. The molecule has 6 heteroatoms. The number of piperidine rings is 1. The topological polar surface area (TPSA) is 75.4 Å². The van der Waals surface area contributed by atoms with Crippen molar-refractivity contribution < 1.29 is 14.7 Å². The Labute approximate surface area is 123 Å². The van der Waals surface area contributed by atoms with Crippen LogP contribution in [0.4, 0.5) is 0 Å². The third-order valence-electron chi connectivity index (χ3n) is 4.72. The number of carbonyl (C=O) groups is 2. The van der Waals surface area contributed by atoms with E-state index in [0.29, 0.717) is 37.5 Å². The summed E-state index contributed by atoms with van der Waals surface area (Å²) in [6, 6.07) is 1.77. The summed E-state index contributed by atoms with van der Waals surface area (Å²) in [7, 11) is 0. The lowest BCUT2D eigenvalue weighted by molar-refractivity contribution is -0.143. The molecule has 1 aromatic rings. The highest BCUT2D eigenvalue weighted by Gasteiger charge is 2.29. The lowest BCUT2D eigenvalue weighted by atomic mass is 9.85. The van der Waals surface area contributed by atoms with Crippen LogP contribution in [0.25, 0.3) is 0 Å². The molecule has 0 unspecified atom stereocenters. The zero-order valence-electron chi connectivity index (χ0n) is 12.1. The van der Waals surface area contributed by atoms with Gasteiger partial charge < -0.3 is 10.0 Å². The first-order valence-electron chi connectivity index (χ1n) is 7.69. The van der Waals surface area contributed by atoms with Crippen molar-refractivity contribution in [3.8, 4) is 0 Å². The number of nitrogens with zero attached hydrogens (tertiary/aromatic N) is 3. The van der Waals surface area contributed by atoms with Gasteiger partial charge in [-0.15, -0.1) is 0 Å². The average Bonchev–Trinajstić information content (AvgIpc) is 2.90. The van der Waals surface area contributed by atoms with Crippen LogP contribution in [-0.4, -0.2) is 44.8 Å². The molecule has 2 fully saturated rings. The number of hydrogen-bond donors (Lipinski definition) is 1. The van der Waals surface area contributed by atoms with Crippen molar-refractivity contribution >= 4 is 11.9 Å². The van der Waals surface area contributed by atoms with E-state index in [4.69, 9.17) is 5.11 Å². The highest BCUT2D eigenvalue weighted by Crippen LogP contribution is 2.28. The molecule has 2 aliphatic rings. The molecule has 1 saturated carbocycles. The molecule has 2 heterocycles. The van der Waals surface area contributed by atoms with Crippen molar-refractivity contribution in [1.82, 2.24) is 14.7 Å². The van der Waals surface area contributed by atoms with Crippen molar-refractivity contribution in [2.24, 2.45) is 11.8 Å². The van der Waals surface area contributed by atoms with Gasteiger partial charge in [0.15, 0.2) is 0 Å². The quantitative estimate of drug-likeness (QED) is 0.914. The van der Waals surface area contributed by atoms with E-state index in [0.717, 1.165) is 6.54 Å². The number of aromatic nitrogens is 2. The van der Waals surface area contributed by atoms with Crippen LogP contribution in [0.1, 0.15) is 42.6 Å². The minimum Gasteiger partial charge on any atom is -0.481 e. The van der Waals surface area contributed by atoms with Gasteiger partial charge in [-0.2, -0.15) is 5.10 Å². The van der Waals surface area contributed by atoms with Gasteiger partial charge in [0.25, 0.3) is 5.91 Å². The first kappa shape index (κ1) is 14.1. The summed E-state index contributed by atoms with van der Waals surface area (Å²) in [5.41, 5.74) is 0.635. The Kier molecular flexibility index (Phi) is 3.94. The van der Waals surface area contributed by atoms with E-state index < -0.39 is 5.97 Å². The van der Waals surface area contributed by atoms with Gasteiger partial charge in [0.1, 0.15) is 5.69 Å². The maximum absolute atomic E-state index is 12.6. The van der Waals surface area contributed by atoms with Crippen LogP contribution in [0, 0.1) is 11.8 Å². The number of carbonyl (C=O) groups excluding carboxylic acids is 1. The number of aliphatic carboxylic acids is 1. The summed E-state index contributed by atoms with van der Waals surface area (Å²) in [5.74, 6) is -0.434. The fourth-order valence-electron chi connectivity index (χ4n) is 3.07. The van der Waals surface area contributed by atoms with Gasteiger partial charge in [-0.3, -0.25) is 14.3 Å². The predicted molar refractivity (Wildman–Crippen MR) is 75.8 cm³/mol. The van der Waals surface area contributed by atoms with E-state index in [1.54, 1.807) is 17.2 Å². The van der Waals surface area contributed by atoms with Crippen molar-refractivity contribution in [2.75, 3.05) is 13.1 Å². The van der Waals surface area contributed by atoms with Gasteiger partial charge in [0.2, 0.25) is 0 Å². The van der Waals surface area contributed by atoms with Gasteiger partial charge in [-0.05, 0) is 37.7 Å². The van der Waals surface area contributed by atoms with E-state index in [9.17, 15) is 9.59 Å². The van der Waals surface area contributed by atoms with Crippen LogP contribution in [-0.2, 0) is 11.3 Å². The zero-order valence-corrected chi connectivity index (χ0v) is 12.1. The molecule has 0 bridgehead atoms. The molecule has 3 rings (SSSR count). The van der Waals surface area contributed by atoms with Crippen LogP contribution in [0.5, 0.6) is 0 Å². The second kappa shape index (κ2) is 5.87. The number of hydrogen-bond acceptors (Lipinski definition) is 3. The standard InChI is InChI=1S/C15H21N3O3/c19-14(17-8-5-12(6-9-17)15(20)21)13-4-7-16-18(13)10-11-2-1-3-11/h4,7,11-12H,1-3,5-6,8-10H2,(H,20,21). The monoisotopic (exact) mass is 291 g/mol. The zero-order chi connectivity index (χ0) is 14.8. The number of carboxylic acids is 1. The molecule has 1 aromatic heterocycles.